The molecule has 0 aliphatic carbocycles. The maximum atomic E-state index is 11.6. The van der Waals surface area contributed by atoms with Crippen molar-refractivity contribution in [3.05, 3.63) is 29.8 Å². The van der Waals surface area contributed by atoms with Gasteiger partial charge in [-0.15, -0.1) is 0 Å². The average Bonchev–Trinajstić information content (AvgIpc) is 2.30. The molecule has 17 heavy (non-hydrogen) atoms. The van der Waals surface area contributed by atoms with E-state index >= 15 is 0 Å². The molecule has 0 heterocycles. The topological polar surface area (TPSA) is 29.5 Å². The van der Waals surface area contributed by atoms with Gasteiger partial charge in [0.25, 0.3) is 0 Å². The van der Waals surface area contributed by atoms with Gasteiger partial charge in [0.15, 0.2) is 0 Å². The van der Waals surface area contributed by atoms with E-state index in [-0.39, 0.29) is 5.97 Å². The van der Waals surface area contributed by atoms with E-state index in [4.69, 9.17) is 4.74 Å². The summed E-state index contributed by atoms with van der Waals surface area (Å²) in [7, 11) is 0. The van der Waals surface area contributed by atoms with Crippen LogP contribution in [0.25, 0.3) is 0 Å². The predicted molar refractivity (Wildman–Crippen MR) is 70.6 cm³/mol. The summed E-state index contributed by atoms with van der Waals surface area (Å²) >= 11 is 0. The smallest absolute Gasteiger partial charge is 0.338 e. The summed E-state index contributed by atoms with van der Waals surface area (Å²) in [5.41, 5.74) is 1.68. The van der Waals surface area contributed by atoms with Crippen LogP contribution in [-0.2, 0) is 4.74 Å². The lowest BCUT2D eigenvalue weighted by Crippen LogP contribution is -2.30. The summed E-state index contributed by atoms with van der Waals surface area (Å²) < 4.78 is 5.00. The molecule has 0 aliphatic rings. The van der Waals surface area contributed by atoms with Crippen LogP contribution in [-0.4, -0.2) is 25.2 Å². The first-order valence-corrected chi connectivity index (χ1v) is 6.14. The molecule has 0 amide bonds. The molecule has 0 aliphatic heterocycles. The fourth-order valence-electron chi connectivity index (χ4n) is 1.87. The molecule has 1 rings (SSSR count). The maximum absolute atomic E-state index is 11.6. The van der Waals surface area contributed by atoms with E-state index in [2.05, 4.69) is 25.7 Å². The number of carbonyl (C=O) groups excluding carboxylic acids is 1. The summed E-state index contributed by atoms with van der Waals surface area (Å²) in [4.78, 5) is 13.9. The summed E-state index contributed by atoms with van der Waals surface area (Å²) in [6.07, 6.45) is 0. The van der Waals surface area contributed by atoms with Crippen LogP contribution < -0.4 is 4.90 Å². The number of esters is 1. The second-order valence-electron chi connectivity index (χ2n) is 4.15. The lowest BCUT2D eigenvalue weighted by Gasteiger charge is -2.27. The van der Waals surface area contributed by atoms with Crippen molar-refractivity contribution in [2.24, 2.45) is 0 Å². The first-order valence-electron chi connectivity index (χ1n) is 6.14. The number of rotatable bonds is 5. The second-order valence-corrected chi connectivity index (χ2v) is 4.15. The van der Waals surface area contributed by atoms with Gasteiger partial charge in [0.1, 0.15) is 0 Å². The first-order chi connectivity index (χ1) is 8.10. The number of nitrogens with zero attached hydrogens (tertiary/aromatic N) is 1. The fourth-order valence-corrected chi connectivity index (χ4v) is 1.87. The molecular formula is C14H21NO2. The highest BCUT2D eigenvalue weighted by Crippen LogP contribution is 2.19. The van der Waals surface area contributed by atoms with Crippen LogP contribution in [0.3, 0.4) is 0 Å². The number of ether oxygens (including phenoxy) is 1. The Balaban J connectivity index is 2.95. The molecule has 0 unspecified atom stereocenters. The van der Waals surface area contributed by atoms with Gasteiger partial charge in [-0.2, -0.15) is 0 Å². The third-order valence-electron chi connectivity index (χ3n) is 2.65. The zero-order valence-corrected chi connectivity index (χ0v) is 11.1. The molecule has 0 aromatic heterocycles. The van der Waals surface area contributed by atoms with E-state index < -0.39 is 0 Å². The van der Waals surface area contributed by atoms with Gasteiger partial charge in [-0.3, -0.25) is 0 Å². The molecule has 0 N–H and O–H groups in total. The second kappa shape index (κ2) is 6.28. The van der Waals surface area contributed by atoms with E-state index in [0.717, 1.165) is 12.2 Å². The van der Waals surface area contributed by atoms with Gasteiger partial charge in [-0.25, -0.2) is 4.79 Å². The maximum Gasteiger partial charge on any atom is 0.338 e. The molecule has 1 aromatic carbocycles. The number of hydrogen-bond acceptors (Lipinski definition) is 3. The fraction of sp³-hybridized carbons (Fsp3) is 0.500. The van der Waals surface area contributed by atoms with Crippen LogP contribution >= 0.6 is 0 Å². The number of benzene rings is 1. The summed E-state index contributed by atoms with van der Waals surface area (Å²) in [6, 6.07) is 8.01. The van der Waals surface area contributed by atoms with Crippen molar-refractivity contribution in [1.82, 2.24) is 0 Å². The molecule has 0 bridgehead atoms. The highest BCUT2D eigenvalue weighted by atomic mass is 16.5. The summed E-state index contributed by atoms with van der Waals surface area (Å²) in [6.45, 7) is 9.53. The van der Waals surface area contributed by atoms with Gasteiger partial charge in [0, 0.05) is 18.3 Å². The molecule has 0 saturated heterocycles. The lowest BCUT2D eigenvalue weighted by molar-refractivity contribution is 0.0526. The van der Waals surface area contributed by atoms with Gasteiger partial charge in [-0.1, -0.05) is 6.07 Å². The van der Waals surface area contributed by atoms with Gasteiger partial charge in [-0.05, 0) is 45.9 Å². The quantitative estimate of drug-likeness (QED) is 0.734. The Morgan fingerprint density at radius 2 is 2.06 bits per heavy atom. The predicted octanol–water partition coefficient (Wildman–Crippen LogP) is 3.10. The van der Waals surface area contributed by atoms with Gasteiger partial charge in [0.05, 0.1) is 12.2 Å². The first kappa shape index (κ1) is 13.6. The zero-order valence-electron chi connectivity index (χ0n) is 11.1. The Labute approximate surface area is 103 Å². The molecule has 0 saturated carbocycles. The van der Waals surface area contributed by atoms with E-state index in [1.54, 1.807) is 6.07 Å². The van der Waals surface area contributed by atoms with Crippen LogP contribution in [0.2, 0.25) is 0 Å². The number of carbonyl (C=O) groups is 1. The zero-order chi connectivity index (χ0) is 12.8. The monoisotopic (exact) mass is 235 g/mol. The van der Waals surface area contributed by atoms with Crippen LogP contribution in [0.5, 0.6) is 0 Å². The van der Waals surface area contributed by atoms with Crippen molar-refractivity contribution in [2.45, 2.75) is 33.7 Å². The molecule has 1 aromatic rings. The highest BCUT2D eigenvalue weighted by molar-refractivity contribution is 5.90. The van der Waals surface area contributed by atoms with Crippen molar-refractivity contribution < 1.29 is 9.53 Å². The van der Waals surface area contributed by atoms with E-state index in [1.807, 2.05) is 25.1 Å². The van der Waals surface area contributed by atoms with Crippen molar-refractivity contribution in [3.63, 3.8) is 0 Å². The van der Waals surface area contributed by atoms with Crippen LogP contribution in [0, 0.1) is 0 Å². The van der Waals surface area contributed by atoms with E-state index in [9.17, 15) is 4.79 Å². The number of hydrogen-bond donors (Lipinski definition) is 0. The Morgan fingerprint density at radius 1 is 1.35 bits per heavy atom. The van der Waals surface area contributed by atoms with Crippen molar-refractivity contribution in [1.29, 1.82) is 0 Å². The van der Waals surface area contributed by atoms with E-state index in [1.165, 1.54) is 0 Å². The van der Waals surface area contributed by atoms with Crippen molar-refractivity contribution in [2.75, 3.05) is 18.1 Å². The molecular weight excluding hydrogens is 214 g/mol. The van der Waals surface area contributed by atoms with Crippen molar-refractivity contribution >= 4 is 11.7 Å². The minimum atomic E-state index is -0.255. The van der Waals surface area contributed by atoms with Gasteiger partial charge in [0.2, 0.25) is 0 Å². The largest absolute Gasteiger partial charge is 0.462 e. The molecule has 0 fully saturated rings. The minimum absolute atomic E-state index is 0.255. The molecule has 3 nitrogen and oxygen atoms in total. The molecule has 0 spiro atoms. The molecule has 3 heteroatoms. The van der Waals surface area contributed by atoms with Crippen LogP contribution in [0.15, 0.2) is 24.3 Å². The Hall–Kier alpha value is -1.51. The summed E-state index contributed by atoms with van der Waals surface area (Å²) in [5.74, 6) is -0.255. The average molecular weight is 235 g/mol. The normalized spacial score (nSPS) is 10.4. The standard InChI is InChI=1S/C14H21NO2/c1-5-15(11(3)4)13-9-7-8-12(10-13)14(16)17-6-2/h7-11H,5-6H2,1-4H3. The lowest BCUT2D eigenvalue weighted by atomic mass is 10.1. The van der Waals surface area contributed by atoms with Crippen LogP contribution in [0.1, 0.15) is 38.1 Å². The van der Waals surface area contributed by atoms with E-state index in [0.29, 0.717) is 18.2 Å². The number of anilines is 1. The highest BCUT2D eigenvalue weighted by Gasteiger charge is 2.11. The molecule has 0 radical (unpaired) electrons. The van der Waals surface area contributed by atoms with Gasteiger partial charge < -0.3 is 9.64 Å². The van der Waals surface area contributed by atoms with Gasteiger partial charge >= 0.3 is 5.97 Å². The Morgan fingerprint density at radius 3 is 2.59 bits per heavy atom. The third-order valence-corrected chi connectivity index (χ3v) is 2.65. The molecule has 94 valence electrons. The Bertz CT molecular complexity index is 374. The SMILES string of the molecule is CCOC(=O)c1cccc(N(CC)C(C)C)c1. The summed E-state index contributed by atoms with van der Waals surface area (Å²) in [5, 5.41) is 0. The molecule has 0 atom stereocenters. The van der Waals surface area contributed by atoms with Crippen molar-refractivity contribution in [3.8, 4) is 0 Å². The minimum Gasteiger partial charge on any atom is -0.462 e. The Kier molecular flexibility index (Phi) is 5.01. The van der Waals surface area contributed by atoms with Crippen LogP contribution in [0.4, 0.5) is 5.69 Å². The third kappa shape index (κ3) is 3.48.